The molecule has 6 nitrogen and oxygen atoms in total. The average molecular weight is 450 g/mol. The maximum absolute atomic E-state index is 13.3. The monoisotopic (exact) mass is 449 g/mol. The molecule has 0 aliphatic carbocycles. The lowest BCUT2D eigenvalue weighted by molar-refractivity contribution is -0.946. The quantitative estimate of drug-likeness (QED) is 0.419. The highest BCUT2D eigenvalue weighted by molar-refractivity contribution is 5.67. The molecule has 5 heterocycles. The summed E-state index contributed by atoms with van der Waals surface area (Å²) in [5, 5.41) is 0. The van der Waals surface area contributed by atoms with Crippen molar-refractivity contribution in [3.05, 3.63) is 84.2 Å². The Morgan fingerprint density at radius 2 is 1.61 bits per heavy atom. The molecular weight excluding hydrogens is 416 g/mol. The number of carbonyl (C=O) groups is 1. The number of carbonyl (C=O) groups excluding carboxylic acids is 1. The van der Waals surface area contributed by atoms with Crippen LogP contribution in [-0.4, -0.2) is 47.8 Å². The predicted octanol–water partition coefficient (Wildman–Crippen LogP) is 5.25. The number of hydrogen-bond acceptors (Lipinski definition) is 4. The van der Waals surface area contributed by atoms with Crippen molar-refractivity contribution in [3.63, 3.8) is 0 Å². The van der Waals surface area contributed by atoms with Gasteiger partial charge in [0.05, 0.1) is 45.3 Å². The van der Waals surface area contributed by atoms with E-state index in [9.17, 15) is 4.79 Å². The summed E-state index contributed by atoms with van der Waals surface area (Å²) in [5.74, 6) is 1.94. The number of nitrogens with zero attached hydrogens (tertiary/aromatic N) is 2. The van der Waals surface area contributed by atoms with Crippen molar-refractivity contribution in [3.8, 4) is 0 Å². The number of quaternary nitrogens is 1. The van der Waals surface area contributed by atoms with Crippen molar-refractivity contribution in [1.82, 2.24) is 4.90 Å². The minimum atomic E-state index is -0.288. The molecule has 6 heteroatoms. The third kappa shape index (κ3) is 5.33. The summed E-state index contributed by atoms with van der Waals surface area (Å²) in [7, 11) is 0. The molecule has 6 rings (SSSR count). The van der Waals surface area contributed by atoms with E-state index < -0.39 is 0 Å². The zero-order valence-electron chi connectivity index (χ0n) is 19.1. The normalized spacial score (nSPS) is 24.0. The minimum Gasteiger partial charge on any atom is -0.467 e. The van der Waals surface area contributed by atoms with Gasteiger partial charge in [0.15, 0.2) is 6.10 Å². The van der Waals surface area contributed by atoms with Crippen molar-refractivity contribution >= 4 is 6.09 Å². The molecule has 0 radical (unpaired) electrons. The molecule has 3 aliphatic heterocycles. The fourth-order valence-corrected chi connectivity index (χ4v) is 5.50. The first-order valence-corrected chi connectivity index (χ1v) is 12.1. The molecule has 2 bridgehead atoms. The number of aryl methyl sites for hydroxylation is 1. The van der Waals surface area contributed by atoms with Crippen LogP contribution in [0.15, 0.2) is 76.0 Å². The highest BCUT2D eigenvalue weighted by atomic mass is 16.6. The van der Waals surface area contributed by atoms with Crippen LogP contribution < -0.4 is 0 Å². The highest BCUT2D eigenvalue weighted by Gasteiger charge is 2.47. The molecule has 1 aromatic carbocycles. The number of fused-ring (bicyclic) bond motifs is 3. The lowest BCUT2D eigenvalue weighted by Crippen LogP contribution is -2.65. The standard InChI is InChI=1S/C27H33N2O4/c30-27(28(19-24-10-5-17-31-24)20-25-11-6-18-32-25)33-26-21-29(15-12-23(26)13-16-29)14-4-9-22-7-2-1-3-8-22/h1-3,5-8,10-11,17-18,23,26H,4,9,12-16,19-21H2/q+1. The molecule has 0 saturated carbocycles. The Hall–Kier alpha value is -2.99. The number of hydrogen-bond donors (Lipinski definition) is 0. The zero-order valence-corrected chi connectivity index (χ0v) is 19.1. The number of piperidine rings is 3. The smallest absolute Gasteiger partial charge is 0.411 e. The van der Waals surface area contributed by atoms with Crippen molar-refractivity contribution in [2.45, 2.75) is 44.9 Å². The third-order valence-electron chi connectivity index (χ3n) is 7.35. The second-order valence-corrected chi connectivity index (χ2v) is 9.56. The number of amides is 1. The zero-order chi connectivity index (χ0) is 22.5. The maximum Gasteiger partial charge on any atom is 0.411 e. The van der Waals surface area contributed by atoms with E-state index in [2.05, 4.69) is 30.3 Å². The molecule has 2 aromatic heterocycles. The summed E-state index contributed by atoms with van der Waals surface area (Å²) in [6.07, 6.45) is 7.49. The largest absolute Gasteiger partial charge is 0.467 e. The van der Waals surface area contributed by atoms with Gasteiger partial charge in [0.25, 0.3) is 0 Å². The molecule has 33 heavy (non-hydrogen) atoms. The maximum atomic E-state index is 13.3. The first kappa shape index (κ1) is 21.8. The molecule has 1 unspecified atom stereocenters. The van der Waals surface area contributed by atoms with Crippen molar-refractivity contribution < 1.29 is 22.8 Å². The number of ether oxygens (including phenoxy) is 1. The Morgan fingerprint density at radius 1 is 0.939 bits per heavy atom. The molecule has 1 atom stereocenters. The topological polar surface area (TPSA) is 55.8 Å². The molecule has 1 amide bonds. The van der Waals surface area contributed by atoms with Gasteiger partial charge in [-0.05, 0) is 36.2 Å². The molecule has 3 aromatic rings. The van der Waals surface area contributed by atoms with Crippen LogP contribution in [0.4, 0.5) is 4.79 Å². The number of rotatable bonds is 9. The average Bonchev–Trinajstić information content (AvgIpc) is 3.55. The second kappa shape index (κ2) is 9.87. The molecule has 0 spiro atoms. The predicted molar refractivity (Wildman–Crippen MR) is 124 cm³/mol. The molecular formula is C27H33N2O4+. The molecule has 174 valence electrons. The Labute approximate surface area is 195 Å². The van der Waals surface area contributed by atoms with Crippen LogP contribution in [0.25, 0.3) is 0 Å². The molecule has 3 saturated heterocycles. The van der Waals surface area contributed by atoms with Gasteiger partial charge in [0, 0.05) is 25.2 Å². The van der Waals surface area contributed by atoms with E-state index in [0.29, 0.717) is 19.0 Å². The lowest BCUT2D eigenvalue weighted by Gasteiger charge is -2.52. The van der Waals surface area contributed by atoms with Crippen molar-refractivity contribution in [2.75, 3.05) is 26.2 Å². The fourth-order valence-electron chi connectivity index (χ4n) is 5.50. The van der Waals surface area contributed by atoms with E-state index in [1.54, 1.807) is 17.4 Å². The van der Waals surface area contributed by atoms with Gasteiger partial charge in [-0.3, -0.25) is 4.90 Å². The molecule has 0 N–H and O–H groups in total. The first-order valence-electron chi connectivity index (χ1n) is 12.1. The number of furan rings is 2. The highest BCUT2D eigenvalue weighted by Crippen LogP contribution is 2.36. The van der Waals surface area contributed by atoms with E-state index >= 15 is 0 Å². The first-order chi connectivity index (χ1) is 16.2. The van der Waals surface area contributed by atoms with Crippen molar-refractivity contribution in [2.24, 2.45) is 5.92 Å². The summed E-state index contributed by atoms with van der Waals surface area (Å²) in [5.41, 5.74) is 1.40. The van der Waals surface area contributed by atoms with Gasteiger partial charge in [-0.25, -0.2) is 4.79 Å². The van der Waals surface area contributed by atoms with E-state index in [1.807, 2.05) is 24.3 Å². The Bertz CT molecular complexity index is 956. The van der Waals surface area contributed by atoms with Gasteiger partial charge < -0.3 is 18.1 Å². The van der Waals surface area contributed by atoms with Gasteiger partial charge in [-0.1, -0.05) is 30.3 Å². The number of benzene rings is 1. The van der Waals surface area contributed by atoms with E-state index in [-0.39, 0.29) is 12.2 Å². The van der Waals surface area contributed by atoms with E-state index in [4.69, 9.17) is 13.6 Å². The summed E-state index contributed by atoms with van der Waals surface area (Å²) < 4.78 is 18.2. The SMILES string of the molecule is O=C(OC1C[N+]2(CCCc3ccccc3)CCC1CC2)N(Cc1ccco1)Cc1ccco1. The lowest BCUT2D eigenvalue weighted by atomic mass is 9.83. The third-order valence-corrected chi connectivity index (χ3v) is 7.35. The van der Waals surface area contributed by atoms with Gasteiger partial charge in [0.1, 0.15) is 18.1 Å². The van der Waals surface area contributed by atoms with Crippen LogP contribution in [0.2, 0.25) is 0 Å². The van der Waals surface area contributed by atoms with Gasteiger partial charge >= 0.3 is 6.09 Å². The second-order valence-electron chi connectivity index (χ2n) is 9.56. The molecule has 3 aliphatic rings. The Kier molecular flexibility index (Phi) is 6.53. The molecule has 3 fully saturated rings. The minimum absolute atomic E-state index is 0.0209. The van der Waals surface area contributed by atoms with E-state index in [0.717, 1.165) is 48.4 Å². The summed E-state index contributed by atoms with van der Waals surface area (Å²) in [6.45, 7) is 5.22. The Balaban J connectivity index is 1.21. The van der Waals surface area contributed by atoms with Gasteiger partial charge in [-0.15, -0.1) is 0 Å². The van der Waals surface area contributed by atoms with Gasteiger partial charge in [-0.2, -0.15) is 0 Å². The summed E-state index contributed by atoms with van der Waals surface area (Å²) >= 11 is 0. The van der Waals surface area contributed by atoms with E-state index in [1.165, 1.54) is 25.1 Å². The van der Waals surface area contributed by atoms with Gasteiger partial charge in [0.2, 0.25) is 0 Å². The van der Waals surface area contributed by atoms with Crippen molar-refractivity contribution in [1.29, 1.82) is 0 Å². The summed E-state index contributed by atoms with van der Waals surface area (Å²) in [6, 6.07) is 18.1. The van der Waals surface area contributed by atoms with Crippen LogP contribution in [0.5, 0.6) is 0 Å². The van der Waals surface area contributed by atoms with Crippen LogP contribution in [0.3, 0.4) is 0 Å². The van der Waals surface area contributed by atoms with Crippen LogP contribution in [0.1, 0.15) is 36.3 Å². The Morgan fingerprint density at radius 3 is 2.21 bits per heavy atom. The van der Waals surface area contributed by atoms with Crippen LogP contribution in [0, 0.1) is 5.92 Å². The fraction of sp³-hybridized carbons (Fsp3) is 0.444. The summed E-state index contributed by atoms with van der Waals surface area (Å²) in [4.78, 5) is 14.9. The van der Waals surface area contributed by atoms with Crippen LogP contribution >= 0.6 is 0 Å². The van der Waals surface area contributed by atoms with Crippen LogP contribution in [-0.2, 0) is 24.2 Å².